The number of methoxy groups -OCH3 is 2. The molecule has 2 N–H and O–H groups in total. The molecule has 1 aromatic rings. The summed E-state index contributed by atoms with van der Waals surface area (Å²) < 4.78 is 10.5. The van der Waals surface area contributed by atoms with E-state index in [1.54, 1.807) is 20.3 Å². The molecular weight excluding hydrogens is 272 g/mol. The number of nitrogens with one attached hydrogen (secondary N) is 2. The van der Waals surface area contributed by atoms with Crippen LogP contribution < -0.4 is 20.1 Å². The van der Waals surface area contributed by atoms with Crippen molar-refractivity contribution >= 4 is 11.8 Å². The standard InChI is InChI=1S/C15H20N2O4/c1-9(16-15(19)12-6-7-14(18)17-12)11-5-4-10(20-2)8-13(11)21-3/h4-5,8-9,12H,6-7H2,1-3H3,(H,16,19)(H,17,18)/t9-,12+/m0/s1. The molecule has 1 heterocycles. The second kappa shape index (κ2) is 6.47. The molecule has 0 saturated carbocycles. The van der Waals surface area contributed by atoms with Crippen LogP contribution in [-0.2, 0) is 9.59 Å². The molecule has 1 aliphatic rings. The molecule has 1 saturated heterocycles. The summed E-state index contributed by atoms with van der Waals surface area (Å²) in [6.45, 7) is 1.87. The van der Waals surface area contributed by atoms with Gasteiger partial charge in [0.05, 0.1) is 20.3 Å². The highest BCUT2D eigenvalue weighted by Crippen LogP contribution is 2.29. The van der Waals surface area contributed by atoms with Crippen molar-refractivity contribution in [2.24, 2.45) is 0 Å². The molecule has 0 aliphatic carbocycles. The van der Waals surface area contributed by atoms with Gasteiger partial charge in [-0.2, -0.15) is 0 Å². The molecule has 2 rings (SSSR count). The minimum absolute atomic E-state index is 0.0789. The smallest absolute Gasteiger partial charge is 0.243 e. The maximum absolute atomic E-state index is 12.1. The zero-order valence-corrected chi connectivity index (χ0v) is 12.4. The number of carbonyl (C=O) groups is 2. The van der Waals surface area contributed by atoms with Gasteiger partial charge in [0.1, 0.15) is 17.5 Å². The molecule has 0 unspecified atom stereocenters. The summed E-state index contributed by atoms with van der Waals surface area (Å²) in [4.78, 5) is 23.3. The van der Waals surface area contributed by atoms with Crippen molar-refractivity contribution in [3.05, 3.63) is 23.8 Å². The van der Waals surface area contributed by atoms with Crippen molar-refractivity contribution < 1.29 is 19.1 Å². The Morgan fingerprint density at radius 2 is 2.14 bits per heavy atom. The predicted octanol–water partition coefficient (Wildman–Crippen LogP) is 1.16. The number of rotatable bonds is 5. The zero-order valence-electron chi connectivity index (χ0n) is 12.4. The summed E-state index contributed by atoms with van der Waals surface area (Å²) in [6.07, 6.45) is 0.940. The van der Waals surface area contributed by atoms with E-state index >= 15 is 0 Å². The molecule has 1 aliphatic heterocycles. The van der Waals surface area contributed by atoms with Crippen LogP contribution in [-0.4, -0.2) is 32.1 Å². The van der Waals surface area contributed by atoms with Crippen molar-refractivity contribution in [2.75, 3.05) is 14.2 Å². The third kappa shape index (κ3) is 3.45. The number of hydrogen-bond donors (Lipinski definition) is 2. The van der Waals surface area contributed by atoms with Gasteiger partial charge in [-0.15, -0.1) is 0 Å². The minimum Gasteiger partial charge on any atom is -0.497 e. The van der Waals surface area contributed by atoms with E-state index in [4.69, 9.17) is 9.47 Å². The van der Waals surface area contributed by atoms with Crippen LogP contribution in [0, 0.1) is 0 Å². The zero-order chi connectivity index (χ0) is 15.4. The molecule has 21 heavy (non-hydrogen) atoms. The maximum atomic E-state index is 12.1. The lowest BCUT2D eigenvalue weighted by Crippen LogP contribution is -2.42. The van der Waals surface area contributed by atoms with Gasteiger partial charge in [-0.25, -0.2) is 0 Å². The maximum Gasteiger partial charge on any atom is 0.243 e. The average Bonchev–Trinajstić information content (AvgIpc) is 2.93. The first-order valence-corrected chi connectivity index (χ1v) is 6.86. The Hall–Kier alpha value is -2.24. The van der Waals surface area contributed by atoms with Gasteiger partial charge in [-0.3, -0.25) is 9.59 Å². The van der Waals surface area contributed by atoms with E-state index in [2.05, 4.69) is 10.6 Å². The van der Waals surface area contributed by atoms with E-state index in [0.717, 1.165) is 5.56 Å². The van der Waals surface area contributed by atoms with Crippen LogP contribution in [0.1, 0.15) is 31.4 Å². The SMILES string of the molecule is COc1ccc([C@H](C)NC(=O)[C@H]2CCC(=O)N2)c(OC)c1. The third-order valence-electron chi connectivity index (χ3n) is 3.58. The first kappa shape index (κ1) is 15.2. The van der Waals surface area contributed by atoms with Crippen LogP contribution in [0.15, 0.2) is 18.2 Å². The van der Waals surface area contributed by atoms with E-state index in [-0.39, 0.29) is 17.9 Å². The molecule has 6 heteroatoms. The lowest BCUT2D eigenvalue weighted by molar-refractivity contribution is -0.126. The van der Waals surface area contributed by atoms with Crippen LogP contribution in [0.2, 0.25) is 0 Å². The monoisotopic (exact) mass is 292 g/mol. The van der Waals surface area contributed by atoms with Crippen molar-refractivity contribution in [1.82, 2.24) is 10.6 Å². The Morgan fingerprint density at radius 1 is 1.38 bits per heavy atom. The Balaban J connectivity index is 2.07. The van der Waals surface area contributed by atoms with E-state index in [0.29, 0.717) is 24.3 Å². The van der Waals surface area contributed by atoms with Crippen LogP contribution in [0.4, 0.5) is 0 Å². The summed E-state index contributed by atoms with van der Waals surface area (Å²) in [7, 11) is 3.16. The lowest BCUT2D eigenvalue weighted by Gasteiger charge is -2.20. The van der Waals surface area contributed by atoms with Crippen molar-refractivity contribution in [3.63, 3.8) is 0 Å². The highest BCUT2D eigenvalue weighted by Gasteiger charge is 2.28. The van der Waals surface area contributed by atoms with Crippen molar-refractivity contribution in [3.8, 4) is 11.5 Å². The molecule has 0 bridgehead atoms. The molecule has 0 radical (unpaired) electrons. The summed E-state index contributed by atoms with van der Waals surface area (Å²) in [5.41, 5.74) is 0.857. The molecule has 2 amide bonds. The Bertz CT molecular complexity index is 544. The van der Waals surface area contributed by atoms with Crippen molar-refractivity contribution in [2.45, 2.75) is 31.8 Å². The number of amides is 2. The van der Waals surface area contributed by atoms with E-state index in [9.17, 15) is 9.59 Å². The van der Waals surface area contributed by atoms with Gasteiger partial charge >= 0.3 is 0 Å². The predicted molar refractivity (Wildman–Crippen MR) is 77.3 cm³/mol. The Kier molecular flexibility index (Phi) is 4.67. The number of ether oxygens (including phenoxy) is 2. The second-order valence-corrected chi connectivity index (χ2v) is 5.00. The van der Waals surface area contributed by atoms with Gasteiger partial charge in [0.15, 0.2) is 0 Å². The van der Waals surface area contributed by atoms with E-state index < -0.39 is 6.04 Å². The first-order chi connectivity index (χ1) is 10.0. The van der Waals surface area contributed by atoms with Gasteiger partial charge in [0.2, 0.25) is 11.8 Å². The first-order valence-electron chi connectivity index (χ1n) is 6.86. The Labute approximate surface area is 123 Å². The molecule has 1 aromatic carbocycles. The fourth-order valence-corrected chi connectivity index (χ4v) is 2.38. The molecule has 1 fully saturated rings. The largest absolute Gasteiger partial charge is 0.497 e. The quantitative estimate of drug-likeness (QED) is 0.854. The number of benzene rings is 1. The fourth-order valence-electron chi connectivity index (χ4n) is 2.38. The average molecular weight is 292 g/mol. The Morgan fingerprint density at radius 3 is 2.71 bits per heavy atom. The van der Waals surface area contributed by atoms with Gasteiger partial charge in [-0.05, 0) is 25.5 Å². The molecule has 6 nitrogen and oxygen atoms in total. The topological polar surface area (TPSA) is 76.7 Å². The molecule has 2 atom stereocenters. The van der Waals surface area contributed by atoms with Crippen LogP contribution in [0.3, 0.4) is 0 Å². The van der Waals surface area contributed by atoms with Gasteiger partial charge in [-0.1, -0.05) is 0 Å². The fraction of sp³-hybridized carbons (Fsp3) is 0.467. The third-order valence-corrected chi connectivity index (χ3v) is 3.58. The normalized spacial score (nSPS) is 18.8. The second-order valence-electron chi connectivity index (χ2n) is 5.00. The molecule has 0 spiro atoms. The van der Waals surface area contributed by atoms with Crippen molar-refractivity contribution in [1.29, 1.82) is 0 Å². The summed E-state index contributed by atoms with van der Waals surface area (Å²) >= 11 is 0. The molecular formula is C15H20N2O4. The number of hydrogen-bond acceptors (Lipinski definition) is 4. The molecule has 0 aromatic heterocycles. The highest BCUT2D eigenvalue weighted by molar-refractivity contribution is 5.90. The molecule has 114 valence electrons. The lowest BCUT2D eigenvalue weighted by atomic mass is 10.1. The summed E-state index contributed by atoms with van der Waals surface area (Å²) in [6, 6.07) is 4.78. The summed E-state index contributed by atoms with van der Waals surface area (Å²) in [5.74, 6) is 1.09. The van der Waals surface area contributed by atoms with Gasteiger partial charge in [0.25, 0.3) is 0 Å². The van der Waals surface area contributed by atoms with E-state index in [1.807, 2.05) is 19.1 Å². The van der Waals surface area contributed by atoms with Crippen LogP contribution >= 0.6 is 0 Å². The minimum atomic E-state index is -0.441. The highest BCUT2D eigenvalue weighted by atomic mass is 16.5. The van der Waals surface area contributed by atoms with Crippen LogP contribution in [0.5, 0.6) is 11.5 Å². The number of carbonyl (C=O) groups excluding carboxylic acids is 2. The summed E-state index contributed by atoms with van der Waals surface area (Å²) in [5, 5.41) is 5.55. The van der Waals surface area contributed by atoms with E-state index in [1.165, 1.54) is 0 Å². The van der Waals surface area contributed by atoms with Gasteiger partial charge < -0.3 is 20.1 Å². The van der Waals surface area contributed by atoms with Gasteiger partial charge in [0, 0.05) is 18.1 Å². The van der Waals surface area contributed by atoms with Crippen LogP contribution in [0.25, 0.3) is 0 Å².